The highest BCUT2D eigenvalue weighted by atomic mass is 19.1. The van der Waals surface area contributed by atoms with Crippen molar-refractivity contribution in [2.75, 3.05) is 12.8 Å². The van der Waals surface area contributed by atoms with Crippen LogP contribution in [0.4, 0.5) is 10.2 Å². The van der Waals surface area contributed by atoms with Gasteiger partial charge in [0.25, 0.3) is 5.56 Å². The average molecular weight is 516 g/mol. The summed E-state index contributed by atoms with van der Waals surface area (Å²) in [6.07, 6.45) is 7.49. The monoisotopic (exact) mass is 515 g/mol. The molecule has 6 rings (SSSR count). The SMILES string of the molecule is COc1ccc(-c2nn(C(C)c3nc4c(c(=O)n3C3CCCC3)C(F)CC=C4)c3ncnc(N)c23)cc1C. The lowest BCUT2D eigenvalue weighted by Gasteiger charge is -2.26. The first kappa shape index (κ1) is 24.3. The molecule has 196 valence electrons. The summed E-state index contributed by atoms with van der Waals surface area (Å²) in [5, 5.41) is 5.59. The fourth-order valence-corrected chi connectivity index (χ4v) is 5.83. The van der Waals surface area contributed by atoms with Gasteiger partial charge in [-0.2, -0.15) is 5.10 Å². The molecule has 3 aromatic heterocycles. The third kappa shape index (κ3) is 3.77. The van der Waals surface area contributed by atoms with Gasteiger partial charge in [-0.05, 0) is 56.5 Å². The summed E-state index contributed by atoms with van der Waals surface area (Å²) in [7, 11) is 1.63. The number of nitrogen functional groups attached to an aromatic ring is 1. The van der Waals surface area contributed by atoms with Gasteiger partial charge in [-0.3, -0.25) is 9.36 Å². The zero-order valence-electron chi connectivity index (χ0n) is 21.7. The van der Waals surface area contributed by atoms with Crippen LogP contribution >= 0.6 is 0 Å². The molecule has 0 bridgehead atoms. The number of nitrogens with two attached hydrogens (primary N) is 1. The molecule has 3 heterocycles. The van der Waals surface area contributed by atoms with Crippen molar-refractivity contribution in [3.05, 3.63) is 63.6 Å². The number of fused-ring (bicyclic) bond motifs is 2. The van der Waals surface area contributed by atoms with Gasteiger partial charge in [-0.25, -0.2) is 24.0 Å². The summed E-state index contributed by atoms with van der Waals surface area (Å²) in [5.74, 6) is 1.62. The number of alkyl halides is 1. The molecule has 2 N–H and O–H groups in total. The molecule has 2 aliphatic rings. The summed E-state index contributed by atoms with van der Waals surface area (Å²) in [6.45, 7) is 3.90. The van der Waals surface area contributed by atoms with Crippen molar-refractivity contribution in [3.63, 3.8) is 0 Å². The smallest absolute Gasteiger partial charge is 0.260 e. The van der Waals surface area contributed by atoms with Crippen molar-refractivity contribution in [1.82, 2.24) is 29.3 Å². The highest BCUT2D eigenvalue weighted by Crippen LogP contribution is 2.37. The number of hydrogen-bond donors (Lipinski definition) is 1. The molecule has 0 amide bonds. The number of rotatable bonds is 5. The number of anilines is 1. The van der Waals surface area contributed by atoms with Crippen LogP contribution in [0.15, 0.2) is 35.4 Å². The Balaban J connectivity index is 1.57. The highest BCUT2D eigenvalue weighted by Gasteiger charge is 2.32. The molecule has 4 aromatic rings. The maximum absolute atomic E-state index is 14.9. The summed E-state index contributed by atoms with van der Waals surface area (Å²) < 4.78 is 23.8. The molecular weight excluding hydrogens is 485 g/mol. The second-order valence-corrected chi connectivity index (χ2v) is 10.1. The third-order valence-electron chi connectivity index (χ3n) is 7.76. The van der Waals surface area contributed by atoms with Crippen LogP contribution in [0.1, 0.15) is 79.9 Å². The summed E-state index contributed by atoms with van der Waals surface area (Å²) >= 11 is 0. The van der Waals surface area contributed by atoms with Gasteiger partial charge in [0.1, 0.15) is 41.6 Å². The van der Waals surface area contributed by atoms with Gasteiger partial charge < -0.3 is 10.5 Å². The number of nitrogens with zero attached hydrogens (tertiary/aromatic N) is 6. The highest BCUT2D eigenvalue weighted by molar-refractivity contribution is 5.98. The number of aromatic nitrogens is 6. The molecule has 0 aliphatic heterocycles. The Morgan fingerprint density at radius 1 is 1.21 bits per heavy atom. The maximum atomic E-state index is 14.9. The maximum Gasteiger partial charge on any atom is 0.260 e. The predicted molar refractivity (Wildman–Crippen MR) is 144 cm³/mol. The number of allylic oxidation sites excluding steroid dienone is 1. The van der Waals surface area contributed by atoms with Gasteiger partial charge in [0, 0.05) is 18.0 Å². The molecule has 1 aromatic carbocycles. The summed E-state index contributed by atoms with van der Waals surface area (Å²) in [4.78, 5) is 27.4. The van der Waals surface area contributed by atoms with Crippen LogP contribution in [0.25, 0.3) is 28.4 Å². The first-order chi connectivity index (χ1) is 18.4. The Kier molecular flexibility index (Phi) is 5.97. The van der Waals surface area contributed by atoms with Crippen molar-refractivity contribution >= 4 is 22.9 Å². The second kappa shape index (κ2) is 9.34. The van der Waals surface area contributed by atoms with Crippen molar-refractivity contribution in [2.45, 2.75) is 64.2 Å². The van der Waals surface area contributed by atoms with E-state index in [0.717, 1.165) is 42.6 Å². The first-order valence-electron chi connectivity index (χ1n) is 13.0. The lowest BCUT2D eigenvalue weighted by Crippen LogP contribution is -2.35. The fraction of sp³-hybridized carbons (Fsp3) is 0.393. The lowest BCUT2D eigenvalue weighted by molar-refractivity contribution is 0.331. The number of ether oxygens (including phenoxy) is 1. The fourth-order valence-electron chi connectivity index (χ4n) is 5.83. The zero-order chi connectivity index (χ0) is 26.6. The lowest BCUT2D eigenvalue weighted by atomic mass is 10.0. The Morgan fingerprint density at radius 3 is 2.74 bits per heavy atom. The van der Waals surface area contributed by atoms with Crippen molar-refractivity contribution in [1.29, 1.82) is 0 Å². The van der Waals surface area contributed by atoms with Crippen LogP contribution in [0.2, 0.25) is 0 Å². The molecule has 10 heteroatoms. The van der Waals surface area contributed by atoms with E-state index in [-0.39, 0.29) is 23.6 Å². The summed E-state index contributed by atoms with van der Waals surface area (Å²) in [6, 6.07) is 5.29. The molecule has 0 radical (unpaired) electrons. The van der Waals surface area contributed by atoms with Crippen molar-refractivity contribution in [2.24, 2.45) is 0 Å². The Morgan fingerprint density at radius 2 is 2.00 bits per heavy atom. The van der Waals surface area contributed by atoms with Gasteiger partial charge in [-0.15, -0.1) is 0 Å². The van der Waals surface area contributed by atoms with Crippen LogP contribution in [-0.2, 0) is 0 Å². The van der Waals surface area contributed by atoms with Crippen LogP contribution in [0, 0.1) is 6.92 Å². The van der Waals surface area contributed by atoms with E-state index in [2.05, 4.69) is 9.97 Å². The standard InChI is InChI=1S/C28H30FN7O2/c1-15-13-17(11-12-21(15)38-3)24-23-25(30)31-14-32-27(23)36(34-24)16(2)26-33-20-10-6-9-19(29)22(20)28(37)35(26)18-7-4-5-8-18/h6,10-14,16,18-19H,4-5,7-9H2,1-3H3,(H2,30,31,32). The number of aryl methyl sites for hydroxylation is 1. The molecule has 9 nitrogen and oxygen atoms in total. The third-order valence-corrected chi connectivity index (χ3v) is 7.76. The Labute approximate surface area is 219 Å². The van der Waals surface area contributed by atoms with Crippen LogP contribution in [-0.4, -0.2) is 36.4 Å². The number of hydrogen-bond acceptors (Lipinski definition) is 7. The second-order valence-electron chi connectivity index (χ2n) is 10.1. The minimum Gasteiger partial charge on any atom is -0.496 e. The number of methoxy groups -OCH3 is 1. The van der Waals surface area contributed by atoms with Gasteiger partial charge in [0.15, 0.2) is 5.65 Å². The van der Waals surface area contributed by atoms with Crippen LogP contribution < -0.4 is 16.0 Å². The molecule has 2 aliphatic carbocycles. The van der Waals surface area contributed by atoms with E-state index in [4.69, 9.17) is 20.6 Å². The van der Waals surface area contributed by atoms with E-state index in [1.807, 2.05) is 32.0 Å². The Bertz CT molecular complexity index is 1630. The Hall–Kier alpha value is -4.08. The van der Waals surface area contributed by atoms with Gasteiger partial charge >= 0.3 is 0 Å². The largest absolute Gasteiger partial charge is 0.496 e. The molecule has 38 heavy (non-hydrogen) atoms. The molecule has 2 atom stereocenters. The zero-order valence-corrected chi connectivity index (χ0v) is 21.7. The quantitative estimate of drug-likeness (QED) is 0.393. The predicted octanol–water partition coefficient (Wildman–Crippen LogP) is 5.10. The van der Waals surface area contributed by atoms with Crippen LogP contribution in [0.5, 0.6) is 5.75 Å². The van der Waals surface area contributed by atoms with Gasteiger partial charge in [0.2, 0.25) is 0 Å². The van der Waals surface area contributed by atoms with E-state index < -0.39 is 12.2 Å². The molecule has 2 unspecified atom stereocenters. The van der Waals surface area contributed by atoms with Crippen LogP contribution in [0.3, 0.4) is 0 Å². The number of benzene rings is 1. The van der Waals surface area contributed by atoms with E-state index in [0.29, 0.717) is 34.1 Å². The van der Waals surface area contributed by atoms with E-state index in [9.17, 15) is 9.18 Å². The van der Waals surface area contributed by atoms with E-state index in [1.165, 1.54) is 6.33 Å². The molecule has 1 fully saturated rings. The normalized spacial score (nSPS) is 18.2. The van der Waals surface area contributed by atoms with Gasteiger partial charge in [-0.1, -0.05) is 18.9 Å². The van der Waals surface area contributed by atoms with E-state index >= 15 is 0 Å². The van der Waals surface area contributed by atoms with E-state index in [1.54, 1.807) is 28.5 Å². The number of halogens is 1. The molecule has 0 spiro atoms. The first-order valence-corrected chi connectivity index (χ1v) is 13.0. The summed E-state index contributed by atoms with van der Waals surface area (Å²) in [5.41, 5.74) is 9.57. The molecular formula is C28H30FN7O2. The topological polar surface area (TPSA) is 114 Å². The molecule has 0 saturated heterocycles. The van der Waals surface area contributed by atoms with Gasteiger partial charge in [0.05, 0.1) is 23.8 Å². The minimum atomic E-state index is -1.35. The molecule has 1 saturated carbocycles. The van der Waals surface area contributed by atoms with Crippen molar-refractivity contribution in [3.8, 4) is 17.0 Å². The van der Waals surface area contributed by atoms with Crippen molar-refractivity contribution < 1.29 is 9.13 Å². The average Bonchev–Trinajstić information content (AvgIpc) is 3.57. The minimum absolute atomic E-state index is 0.0268.